The Kier molecular flexibility index (Phi) is 4.50. The molecule has 0 bridgehead atoms. The summed E-state index contributed by atoms with van der Waals surface area (Å²) >= 11 is 7.82. The largest absolute Gasteiger partial charge is 0.312 e. The molecular weight excluding hydrogens is 245 g/mol. The van der Waals surface area contributed by atoms with Crippen molar-refractivity contribution in [3.05, 3.63) is 34.6 Å². The minimum absolute atomic E-state index is 0.183. The molecule has 0 aliphatic carbocycles. The van der Waals surface area contributed by atoms with Gasteiger partial charge in [-0.2, -0.15) is 11.8 Å². The maximum absolute atomic E-state index is 13.4. The molecule has 1 nitrogen and oxygen atoms in total. The van der Waals surface area contributed by atoms with Crippen LogP contribution in [0.1, 0.15) is 12.0 Å². The van der Waals surface area contributed by atoms with Crippen LogP contribution in [0.25, 0.3) is 0 Å². The molecule has 16 heavy (non-hydrogen) atoms. The molecule has 1 saturated heterocycles. The number of halogens is 2. The van der Waals surface area contributed by atoms with Crippen molar-refractivity contribution >= 4 is 23.4 Å². The van der Waals surface area contributed by atoms with Gasteiger partial charge in [0.1, 0.15) is 5.82 Å². The van der Waals surface area contributed by atoms with E-state index in [1.54, 1.807) is 12.1 Å². The number of hydrogen-bond donors (Lipinski definition) is 1. The zero-order valence-corrected chi connectivity index (χ0v) is 10.6. The molecule has 1 aliphatic rings. The summed E-state index contributed by atoms with van der Waals surface area (Å²) in [6, 6.07) is 4.69. The molecule has 1 heterocycles. The summed E-state index contributed by atoms with van der Waals surface area (Å²) in [4.78, 5) is 0. The highest BCUT2D eigenvalue weighted by atomic mass is 35.5. The number of thioether (sulfide) groups is 1. The molecule has 0 radical (unpaired) electrons. The molecule has 1 aromatic carbocycles. The zero-order valence-electron chi connectivity index (χ0n) is 9.01. The van der Waals surface area contributed by atoms with Crippen molar-refractivity contribution in [3.8, 4) is 0 Å². The SMILES string of the molecule is Fc1ccc(Cl)cc1CNCC1CCSC1. The van der Waals surface area contributed by atoms with E-state index in [9.17, 15) is 4.39 Å². The van der Waals surface area contributed by atoms with E-state index in [1.165, 1.54) is 24.0 Å². The average Bonchev–Trinajstić information content (AvgIpc) is 2.76. The average molecular weight is 260 g/mol. The van der Waals surface area contributed by atoms with Crippen molar-refractivity contribution in [3.63, 3.8) is 0 Å². The fraction of sp³-hybridized carbons (Fsp3) is 0.500. The topological polar surface area (TPSA) is 12.0 Å². The van der Waals surface area contributed by atoms with E-state index >= 15 is 0 Å². The van der Waals surface area contributed by atoms with Crippen LogP contribution in [0.3, 0.4) is 0 Å². The van der Waals surface area contributed by atoms with Crippen LogP contribution in [0.4, 0.5) is 4.39 Å². The van der Waals surface area contributed by atoms with E-state index in [0.717, 1.165) is 12.5 Å². The summed E-state index contributed by atoms with van der Waals surface area (Å²) in [5.74, 6) is 3.05. The first kappa shape index (κ1) is 12.2. The van der Waals surface area contributed by atoms with Gasteiger partial charge in [0, 0.05) is 17.1 Å². The normalized spacial score (nSPS) is 20.2. The lowest BCUT2D eigenvalue weighted by atomic mass is 10.1. The number of nitrogens with one attached hydrogen (secondary N) is 1. The Labute approximate surface area is 105 Å². The summed E-state index contributed by atoms with van der Waals surface area (Å²) in [6.07, 6.45) is 1.27. The second-order valence-corrected chi connectivity index (χ2v) is 5.68. The van der Waals surface area contributed by atoms with Crippen molar-refractivity contribution in [1.82, 2.24) is 5.32 Å². The molecule has 1 atom stereocenters. The van der Waals surface area contributed by atoms with Crippen LogP contribution in [0.5, 0.6) is 0 Å². The van der Waals surface area contributed by atoms with Crippen LogP contribution in [0, 0.1) is 11.7 Å². The van der Waals surface area contributed by atoms with Crippen LogP contribution in [0.2, 0.25) is 5.02 Å². The van der Waals surface area contributed by atoms with Crippen LogP contribution in [-0.2, 0) is 6.54 Å². The molecule has 4 heteroatoms. The van der Waals surface area contributed by atoms with Crippen molar-refractivity contribution < 1.29 is 4.39 Å². The Morgan fingerprint density at radius 3 is 3.12 bits per heavy atom. The summed E-state index contributed by atoms with van der Waals surface area (Å²) in [7, 11) is 0. The smallest absolute Gasteiger partial charge is 0.127 e. The van der Waals surface area contributed by atoms with Gasteiger partial charge in [-0.3, -0.25) is 0 Å². The van der Waals surface area contributed by atoms with Crippen molar-refractivity contribution in [2.24, 2.45) is 5.92 Å². The van der Waals surface area contributed by atoms with Gasteiger partial charge in [0.05, 0.1) is 0 Å². The molecule has 0 amide bonds. The van der Waals surface area contributed by atoms with Crippen LogP contribution in [-0.4, -0.2) is 18.1 Å². The quantitative estimate of drug-likeness (QED) is 0.890. The van der Waals surface area contributed by atoms with Crippen LogP contribution < -0.4 is 5.32 Å². The van der Waals surface area contributed by atoms with Gasteiger partial charge in [-0.15, -0.1) is 0 Å². The highest BCUT2D eigenvalue weighted by Gasteiger charge is 2.14. The first-order valence-electron chi connectivity index (χ1n) is 5.48. The molecule has 0 spiro atoms. The minimum atomic E-state index is -0.183. The molecule has 1 aliphatic heterocycles. The van der Waals surface area contributed by atoms with Crippen molar-refractivity contribution in [2.75, 3.05) is 18.1 Å². The molecular formula is C12H15ClFNS. The van der Waals surface area contributed by atoms with Gasteiger partial charge >= 0.3 is 0 Å². The van der Waals surface area contributed by atoms with Crippen LogP contribution in [0.15, 0.2) is 18.2 Å². The van der Waals surface area contributed by atoms with E-state index in [0.29, 0.717) is 17.1 Å². The predicted molar refractivity (Wildman–Crippen MR) is 68.5 cm³/mol. The highest BCUT2D eigenvalue weighted by molar-refractivity contribution is 7.99. The van der Waals surface area contributed by atoms with Crippen molar-refractivity contribution in [1.29, 1.82) is 0 Å². The van der Waals surface area contributed by atoms with Gasteiger partial charge in [-0.25, -0.2) is 4.39 Å². The predicted octanol–water partition coefficient (Wildman–Crippen LogP) is 3.32. The molecule has 0 saturated carbocycles. The third-order valence-corrected chi connectivity index (χ3v) is 4.25. The van der Waals surface area contributed by atoms with Crippen molar-refractivity contribution in [2.45, 2.75) is 13.0 Å². The van der Waals surface area contributed by atoms with E-state index in [2.05, 4.69) is 5.32 Å². The lowest BCUT2D eigenvalue weighted by Gasteiger charge is -2.10. The molecule has 1 unspecified atom stereocenters. The van der Waals surface area contributed by atoms with E-state index in [4.69, 9.17) is 11.6 Å². The molecule has 0 aromatic heterocycles. The highest BCUT2D eigenvalue weighted by Crippen LogP contribution is 2.22. The summed E-state index contributed by atoms with van der Waals surface area (Å²) in [5, 5.41) is 3.89. The Morgan fingerprint density at radius 2 is 2.38 bits per heavy atom. The fourth-order valence-electron chi connectivity index (χ4n) is 1.83. The zero-order chi connectivity index (χ0) is 11.4. The fourth-order valence-corrected chi connectivity index (χ4v) is 3.31. The molecule has 1 fully saturated rings. The third-order valence-electron chi connectivity index (χ3n) is 2.78. The monoisotopic (exact) mass is 259 g/mol. The first-order valence-corrected chi connectivity index (χ1v) is 7.01. The summed E-state index contributed by atoms with van der Waals surface area (Å²) in [6.45, 7) is 1.53. The van der Waals surface area contributed by atoms with Gasteiger partial charge in [0.2, 0.25) is 0 Å². The molecule has 88 valence electrons. The number of hydrogen-bond acceptors (Lipinski definition) is 2. The molecule has 2 rings (SSSR count). The van der Waals surface area contributed by atoms with Gasteiger partial charge in [-0.05, 0) is 48.6 Å². The van der Waals surface area contributed by atoms with Crippen LogP contribution >= 0.6 is 23.4 Å². The summed E-state index contributed by atoms with van der Waals surface area (Å²) in [5.41, 5.74) is 0.651. The third kappa shape index (κ3) is 3.37. The number of benzene rings is 1. The first-order chi connectivity index (χ1) is 7.75. The minimum Gasteiger partial charge on any atom is -0.312 e. The lowest BCUT2D eigenvalue weighted by molar-refractivity contribution is 0.512. The van der Waals surface area contributed by atoms with E-state index in [1.807, 2.05) is 11.8 Å². The second kappa shape index (κ2) is 5.89. The Hall–Kier alpha value is -0.250. The van der Waals surface area contributed by atoms with E-state index < -0.39 is 0 Å². The summed E-state index contributed by atoms with van der Waals surface area (Å²) < 4.78 is 13.4. The number of rotatable bonds is 4. The maximum Gasteiger partial charge on any atom is 0.127 e. The Morgan fingerprint density at radius 1 is 1.50 bits per heavy atom. The van der Waals surface area contributed by atoms with Gasteiger partial charge in [-0.1, -0.05) is 11.6 Å². The standard InChI is InChI=1S/C12H15ClFNS/c13-11-1-2-12(14)10(5-11)7-15-6-9-3-4-16-8-9/h1-2,5,9,15H,3-4,6-8H2. The maximum atomic E-state index is 13.4. The molecule has 1 aromatic rings. The van der Waals surface area contributed by atoms with Gasteiger partial charge in [0.15, 0.2) is 0 Å². The second-order valence-electron chi connectivity index (χ2n) is 4.10. The van der Waals surface area contributed by atoms with Gasteiger partial charge < -0.3 is 5.32 Å². The molecule has 1 N–H and O–H groups in total. The van der Waals surface area contributed by atoms with Gasteiger partial charge in [0.25, 0.3) is 0 Å². The van der Waals surface area contributed by atoms with E-state index in [-0.39, 0.29) is 5.82 Å². The Bertz CT molecular complexity index is 353. The Balaban J connectivity index is 1.82. The lowest BCUT2D eigenvalue weighted by Crippen LogP contribution is -2.22.